The summed E-state index contributed by atoms with van der Waals surface area (Å²) < 4.78 is 13.1. The number of fused-ring (bicyclic) bond motifs is 1. The number of methoxy groups -OCH3 is 2. The van der Waals surface area contributed by atoms with E-state index in [4.69, 9.17) is 9.47 Å². The molecular weight excluding hydrogens is 669 g/mol. The molecule has 55 heavy (non-hydrogen) atoms. The Balaban J connectivity index is 1.64. The molecule has 0 bridgehead atoms. The molecule has 0 N–H and O–H groups in total. The average molecular weight is 721 g/mol. The second kappa shape index (κ2) is 18.0. The maximum Gasteiger partial charge on any atom is 0.165 e. The van der Waals surface area contributed by atoms with Gasteiger partial charge in [-0.05, 0) is 99.0 Å². The minimum absolute atomic E-state index is 0.693. The smallest absolute Gasteiger partial charge is 0.165 e. The van der Waals surface area contributed by atoms with Gasteiger partial charge >= 0.3 is 0 Å². The predicted molar refractivity (Wildman–Crippen MR) is 233 cm³/mol. The fraction of sp³-hybridized carbons (Fsp3) is 0.208. The standard InChI is InChI=1S/C53H52O2/c1-5-21-44-45(22-6-2)50-48(36-40-27-15-9-16-28-40)52(54-3)53(55-4)49(37-42-31-19-20-32-43(42)41-29-17-10-18-30-41)51(50)46(34-33-38-23-11-7-12-24-38)47(44)35-39-25-13-8-14-26-39/h6-20,22-32H,5,21,33-37H2,1-4H3. The Morgan fingerprint density at radius 3 is 1.53 bits per heavy atom. The highest BCUT2D eigenvalue weighted by Crippen LogP contribution is 2.49. The van der Waals surface area contributed by atoms with Crippen LogP contribution in [-0.4, -0.2) is 14.2 Å². The van der Waals surface area contributed by atoms with E-state index in [0.29, 0.717) is 6.42 Å². The van der Waals surface area contributed by atoms with Crippen molar-refractivity contribution in [2.45, 2.75) is 58.8 Å². The fourth-order valence-electron chi connectivity index (χ4n) is 8.50. The first-order valence-corrected chi connectivity index (χ1v) is 19.8. The van der Waals surface area contributed by atoms with Crippen LogP contribution in [0.1, 0.15) is 75.9 Å². The molecule has 0 saturated carbocycles. The average Bonchev–Trinajstić information content (AvgIpc) is 3.23. The number of aryl methyl sites for hydroxylation is 2. The summed E-state index contributed by atoms with van der Waals surface area (Å²) in [7, 11) is 3.62. The topological polar surface area (TPSA) is 18.5 Å². The van der Waals surface area contributed by atoms with Crippen LogP contribution in [0.4, 0.5) is 0 Å². The summed E-state index contributed by atoms with van der Waals surface area (Å²) in [5.74, 6) is 1.65. The van der Waals surface area contributed by atoms with Crippen LogP contribution in [0.3, 0.4) is 0 Å². The third-order valence-corrected chi connectivity index (χ3v) is 10.9. The molecule has 7 rings (SSSR count). The van der Waals surface area contributed by atoms with Crippen molar-refractivity contribution in [3.05, 3.63) is 207 Å². The van der Waals surface area contributed by atoms with Crippen LogP contribution in [0.15, 0.2) is 152 Å². The fourth-order valence-corrected chi connectivity index (χ4v) is 8.50. The molecule has 0 saturated heterocycles. The monoisotopic (exact) mass is 720 g/mol. The molecule has 0 aromatic heterocycles. The molecule has 2 heteroatoms. The molecule has 7 aromatic rings. The van der Waals surface area contributed by atoms with Gasteiger partial charge in [-0.25, -0.2) is 0 Å². The zero-order valence-corrected chi connectivity index (χ0v) is 32.8. The van der Waals surface area contributed by atoms with Gasteiger partial charge in [0, 0.05) is 24.0 Å². The van der Waals surface area contributed by atoms with Crippen molar-refractivity contribution in [2.24, 2.45) is 0 Å². The summed E-state index contributed by atoms with van der Waals surface area (Å²) in [4.78, 5) is 0. The molecule has 0 aliphatic rings. The Labute approximate surface area is 328 Å². The number of ether oxygens (including phenoxy) is 2. The van der Waals surface area contributed by atoms with E-state index in [1.165, 1.54) is 77.5 Å². The molecule has 0 fully saturated rings. The van der Waals surface area contributed by atoms with Crippen molar-refractivity contribution in [1.82, 2.24) is 0 Å². The zero-order chi connectivity index (χ0) is 38.0. The van der Waals surface area contributed by atoms with Crippen LogP contribution in [0.2, 0.25) is 0 Å². The molecule has 2 nitrogen and oxygen atoms in total. The van der Waals surface area contributed by atoms with Crippen molar-refractivity contribution in [1.29, 1.82) is 0 Å². The lowest BCUT2D eigenvalue weighted by atomic mass is 9.77. The number of hydrogen-bond acceptors (Lipinski definition) is 2. The van der Waals surface area contributed by atoms with Gasteiger partial charge < -0.3 is 9.47 Å². The van der Waals surface area contributed by atoms with Crippen LogP contribution >= 0.6 is 0 Å². The van der Waals surface area contributed by atoms with Gasteiger partial charge in [0.15, 0.2) is 11.5 Å². The molecule has 0 radical (unpaired) electrons. The Bertz CT molecular complexity index is 2360. The number of benzene rings is 7. The third-order valence-electron chi connectivity index (χ3n) is 10.9. The highest BCUT2D eigenvalue weighted by atomic mass is 16.5. The van der Waals surface area contributed by atoms with E-state index >= 15 is 0 Å². The van der Waals surface area contributed by atoms with E-state index < -0.39 is 0 Å². The Hall–Kier alpha value is -5.86. The summed E-state index contributed by atoms with van der Waals surface area (Å²) >= 11 is 0. The van der Waals surface area contributed by atoms with Gasteiger partial charge in [0.2, 0.25) is 0 Å². The Morgan fingerprint density at radius 2 is 0.964 bits per heavy atom. The normalized spacial score (nSPS) is 11.3. The lowest BCUT2D eigenvalue weighted by Crippen LogP contribution is -2.12. The molecule has 276 valence electrons. The lowest BCUT2D eigenvalue weighted by Gasteiger charge is -2.28. The predicted octanol–water partition coefficient (Wildman–Crippen LogP) is 13.1. The SMILES string of the molecule is CC=Cc1c(CCC)c(Cc2ccccc2)c(CCc2ccccc2)c2c(Cc3ccccc3-c3ccccc3)c(OC)c(OC)c(Cc3ccccc3)c12. The maximum atomic E-state index is 6.58. The molecule has 0 unspecified atom stereocenters. The van der Waals surface area contributed by atoms with Crippen molar-refractivity contribution in [3.63, 3.8) is 0 Å². The zero-order valence-electron chi connectivity index (χ0n) is 32.8. The van der Waals surface area contributed by atoms with Crippen molar-refractivity contribution >= 4 is 16.8 Å². The molecule has 7 aromatic carbocycles. The van der Waals surface area contributed by atoms with Gasteiger partial charge in [-0.2, -0.15) is 0 Å². The van der Waals surface area contributed by atoms with Gasteiger partial charge in [0.05, 0.1) is 14.2 Å². The van der Waals surface area contributed by atoms with Crippen LogP contribution in [-0.2, 0) is 38.5 Å². The molecule has 0 amide bonds. The highest BCUT2D eigenvalue weighted by molar-refractivity contribution is 6.03. The second-order valence-electron chi connectivity index (χ2n) is 14.4. The van der Waals surface area contributed by atoms with E-state index in [-0.39, 0.29) is 0 Å². The minimum Gasteiger partial charge on any atom is -0.493 e. The molecule has 0 aliphatic heterocycles. The van der Waals surface area contributed by atoms with Gasteiger partial charge in [-0.15, -0.1) is 0 Å². The summed E-state index contributed by atoms with van der Waals surface area (Å²) in [6.45, 7) is 4.46. The van der Waals surface area contributed by atoms with Gasteiger partial charge in [-0.3, -0.25) is 0 Å². The van der Waals surface area contributed by atoms with Crippen molar-refractivity contribution in [3.8, 4) is 22.6 Å². The van der Waals surface area contributed by atoms with Crippen molar-refractivity contribution in [2.75, 3.05) is 14.2 Å². The minimum atomic E-state index is 0.693. The second-order valence-corrected chi connectivity index (χ2v) is 14.4. The first-order chi connectivity index (χ1) is 27.1. The van der Waals surface area contributed by atoms with E-state index in [9.17, 15) is 0 Å². The molecule has 0 spiro atoms. The highest BCUT2D eigenvalue weighted by Gasteiger charge is 2.29. The Morgan fingerprint density at radius 1 is 0.455 bits per heavy atom. The summed E-state index contributed by atoms with van der Waals surface area (Å²) in [5.41, 5.74) is 15.6. The number of hydrogen-bond donors (Lipinski definition) is 0. The quantitative estimate of drug-likeness (QED) is 0.105. The lowest BCUT2D eigenvalue weighted by molar-refractivity contribution is 0.350. The Kier molecular flexibility index (Phi) is 12.2. The van der Waals surface area contributed by atoms with Crippen LogP contribution < -0.4 is 9.47 Å². The van der Waals surface area contributed by atoms with E-state index in [1.54, 1.807) is 0 Å². The number of rotatable bonds is 15. The molecule has 0 heterocycles. The summed E-state index contributed by atoms with van der Waals surface area (Å²) in [5, 5.41) is 2.59. The van der Waals surface area contributed by atoms with Gasteiger partial charge in [-0.1, -0.05) is 171 Å². The van der Waals surface area contributed by atoms with Crippen molar-refractivity contribution < 1.29 is 9.47 Å². The van der Waals surface area contributed by atoms with Crippen LogP contribution in [0.25, 0.3) is 28.0 Å². The maximum absolute atomic E-state index is 6.58. The van der Waals surface area contributed by atoms with E-state index in [1.807, 2.05) is 14.2 Å². The van der Waals surface area contributed by atoms with Crippen LogP contribution in [0, 0.1) is 0 Å². The number of allylic oxidation sites excluding steroid dienone is 1. The first-order valence-electron chi connectivity index (χ1n) is 19.8. The van der Waals surface area contributed by atoms with E-state index in [0.717, 1.165) is 50.0 Å². The molecule has 0 atom stereocenters. The summed E-state index contributed by atoms with van der Waals surface area (Å²) in [6, 6.07) is 52.4. The first kappa shape index (κ1) is 37.5. The third kappa shape index (κ3) is 8.15. The summed E-state index contributed by atoms with van der Waals surface area (Å²) in [6.07, 6.45) is 10.8. The molecule has 0 aliphatic carbocycles. The van der Waals surface area contributed by atoms with Crippen LogP contribution in [0.5, 0.6) is 11.5 Å². The molecular formula is C53H52O2. The van der Waals surface area contributed by atoms with Gasteiger partial charge in [0.1, 0.15) is 0 Å². The van der Waals surface area contributed by atoms with E-state index in [2.05, 4.69) is 172 Å². The van der Waals surface area contributed by atoms with Gasteiger partial charge in [0.25, 0.3) is 0 Å². The largest absolute Gasteiger partial charge is 0.493 e.